The highest BCUT2D eigenvalue weighted by molar-refractivity contribution is 5.76. The summed E-state index contributed by atoms with van der Waals surface area (Å²) in [7, 11) is 3.83. The maximum Gasteiger partial charge on any atom is 0.161 e. The van der Waals surface area contributed by atoms with E-state index >= 15 is 0 Å². The molecule has 2 saturated heterocycles. The van der Waals surface area contributed by atoms with Crippen molar-refractivity contribution < 1.29 is 14.3 Å². The van der Waals surface area contributed by atoms with Crippen LogP contribution in [-0.2, 0) is 0 Å². The third-order valence-corrected chi connectivity index (χ3v) is 4.67. The molecule has 0 radical (unpaired) electrons. The Balaban J connectivity index is 1.73. The number of hydrogen-bond donors (Lipinski definition) is 0. The van der Waals surface area contributed by atoms with E-state index in [4.69, 9.17) is 9.47 Å². The molecule has 3 rings (SSSR count). The number of piperidine rings is 1. The Morgan fingerprint density at radius 1 is 1.20 bits per heavy atom. The molecule has 0 amide bonds. The second-order valence-corrected chi connectivity index (χ2v) is 5.79. The van der Waals surface area contributed by atoms with Gasteiger partial charge in [0.05, 0.1) is 7.11 Å². The van der Waals surface area contributed by atoms with Gasteiger partial charge in [-0.15, -0.1) is 0 Å². The van der Waals surface area contributed by atoms with Crippen LogP contribution in [0.2, 0.25) is 0 Å². The topological polar surface area (TPSA) is 38.8 Å². The molecule has 20 heavy (non-hydrogen) atoms. The molecule has 0 aliphatic carbocycles. The van der Waals surface area contributed by atoms with E-state index in [-0.39, 0.29) is 6.10 Å². The van der Waals surface area contributed by atoms with Gasteiger partial charge < -0.3 is 14.4 Å². The second kappa shape index (κ2) is 5.44. The third-order valence-electron chi connectivity index (χ3n) is 4.67. The number of fused-ring (bicyclic) bond motifs is 2. The predicted molar refractivity (Wildman–Crippen MR) is 76.6 cm³/mol. The van der Waals surface area contributed by atoms with Crippen molar-refractivity contribution in [2.24, 2.45) is 0 Å². The molecule has 4 nitrogen and oxygen atoms in total. The molecule has 1 aromatic rings. The number of rotatable bonds is 4. The Morgan fingerprint density at radius 3 is 2.50 bits per heavy atom. The van der Waals surface area contributed by atoms with Gasteiger partial charge >= 0.3 is 0 Å². The quantitative estimate of drug-likeness (QED) is 0.791. The van der Waals surface area contributed by atoms with E-state index in [9.17, 15) is 4.79 Å². The van der Waals surface area contributed by atoms with Crippen LogP contribution in [0.1, 0.15) is 36.0 Å². The number of aldehydes is 1. The lowest BCUT2D eigenvalue weighted by atomic mass is 10.0. The molecule has 2 aliphatic heterocycles. The van der Waals surface area contributed by atoms with Crippen molar-refractivity contribution in [3.63, 3.8) is 0 Å². The molecule has 1 aromatic carbocycles. The maximum absolute atomic E-state index is 10.8. The van der Waals surface area contributed by atoms with Crippen LogP contribution in [0.4, 0.5) is 0 Å². The van der Waals surface area contributed by atoms with Gasteiger partial charge in [-0.2, -0.15) is 0 Å². The first-order valence-corrected chi connectivity index (χ1v) is 7.23. The smallest absolute Gasteiger partial charge is 0.161 e. The van der Waals surface area contributed by atoms with Crippen molar-refractivity contribution in [3.05, 3.63) is 23.8 Å². The first kappa shape index (κ1) is 13.4. The number of hydrogen-bond acceptors (Lipinski definition) is 4. The van der Waals surface area contributed by atoms with Gasteiger partial charge in [-0.05, 0) is 50.9 Å². The van der Waals surface area contributed by atoms with Crippen molar-refractivity contribution in [2.45, 2.75) is 43.9 Å². The molecule has 2 heterocycles. The monoisotopic (exact) mass is 275 g/mol. The highest BCUT2D eigenvalue weighted by Gasteiger charge is 2.39. The van der Waals surface area contributed by atoms with Crippen LogP contribution in [0.15, 0.2) is 18.2 Å². The van der Waals surface area contributed by atoms with Gasteiger partial charge in [0.25, 0.3) is 0 Å². The molecule has 2 aliphatic rings. The molecule has 2 bridgehead atoms. The minimum absolute atomic E-state index is 0.250. The fraction of sp³-hybridized carbons (Fsp3) is 0.562. The normalized spacial score (nSPS) is 29.2. The molecule has 108 valence electrons. The lowest BCUT2D eigenvalue weighted by molar-refractivity contribution is 0.0643. The fourth-order valence-corrected chi connectivity index (χ4v) is 3.49. The average molecular weight is 275 g/mol. The van der Waals surface area contributed by atoms with E-state index in [0.29, 0.717) is 23.4 Å². The molecule has 2 atom stereocenters. The number of carbonyl (C=O) groups is 1. The summed E-state index contributed by atoms with van der Waals surface area (Å²) in [6.45, 7) is 0. The minimum atomic E-state index is 0.250. The molecule has 0 spiro atoms. The van der Waals surface area contributed by atoms with Crippen LogP contribution < -0.4 is 9.47 Å². The number of benzene rings is 1. The summed E-state index contributed by atoms with van der Waals surface area (Å²) in [4.78, 5) is 13.3. The standard InChI is InChI=1S/C16H21NO3/c1-17-12-4-5-13(17)9-14(8-12)20-15-6-3-11(10-18)7-16(15)19-2/h3,6-7,10,12-14H,4-5,8-9H2,1-2H3. The van der Waals surface area contributed by atoms with Crippen LogP contribution in [0.5, 0.6) is 11.5 Å². The summed E-state index contributed by atoms with van der Waals surface area (Å²) in [6, 6.07) is 6.64. The first-order valence-electron chi connectivity index (χ1n) is 7.23. The summed E-state index contributed by atoms with van der Waals surface area (Å²) in [5, 5.41) is 0. The van der Waals surface area contributed by atoms with Crippen LogP contribution in [0.25, 0.3) is 0 Å². The van der Waals surface area contributed by atoms with E-state index in [0.717, 1.165) is 24.9 Å². The van der Waals surface area contributed by atoms with Crippen LogP contribution in [0, 0.1) is 0 Å². The number of ether oxygens (including phenoxy) is 2. The first-order chi connectivity index (χ1) is 9.71. The molecule has 0 N–H and O–H groups in total. The van der Waals surface area contributed by atoms with Crippen molar-refractivity contribution in [1.29, 1.82) is 0 Å². The maximum atomic E-state index is 10.8. The molecular weight excluding hydrogens is 254 g/mol. The number of nitrogens with zero attached hydrogens (tertiary/aromatic N) is 1. The van der Waals surface area contributed by atoms with Gasteiger partial charge in [0.2, 0.25) is 0 Å². The second-order valence-electron chi connectivity index (χ2n) is 5.79. The van der Waals surface area contributed by atoms with Crippen LogP contribution in [0.3, 0.4) is 0 Å². The SMILES string of the molecule is COc1cc(C=O)ccc1OC1CC2CCC(C1)N2C. The molecular formula is C16H21NO3. The van der Waals surface area contributed by atoms with E-state index in [1.165, 1.54) is 12.8 Å². The van der Waals surface area contributed by atoms with Gasteiger partial charge in [-0.3, -0.25) is 4.79 Å². The summed E-state index contributed by atoms with van der Waals surface area (Å²) >= 11 is 0. The van der Waals surface area contributed by atoms with Gasteiger partial charge in [0.1, 0.15) is 12.4 Å². The zero-order valence-electron chi connectivity index (χ0n) is 12.0. The number of carbonyl (C=O) groups excluding carboxylic acids is 1. The fourth-order valence-electron chi connectivity index (χ4n) is 3.49. The molecule has 2 unspecified atom stereocenters. The van der Waals surface area contributed by atoms with Gasteiger partial charge in [-0.25, -0.2) is 0 Å². The van der Waals surface area contributed by atoms with Crippen molar-refractivity contribution in [3.8, 4) is 11.5 Å². The lowest BCUT2D eigenvalue weighted by Crippen LogP contribution is -2.43. The van der Waals surface area contributed by atoms with Crippen molar-refractivity contribution >= 4 is 6.29 Å². The highest BCUT2D eigenvalue weighted by atomic mass is 16.5. The predicted octanol–water partition coefficient (Wildman–Crippen LogP) is 2.51. The van der Waals surface area contributed by atoms with Crippen LogP contribution in [-0.4, -0.2) is 43.5 Å². The molecule has 2 fully saturated rings. The molecule has 0 saturated carbocycles. The minimum Gasteiger partial charge on any atom is -0.493 e. The Labute approximate surface area is 119 Å². The summed E-state index contributed by atoms with van der Waals surface area (Å²) < 4.78 is 11.5. The van der Waals surface area contributed by atoms with E-state index < -0.39 is 0 Å². The van der Waals surface area contributed by atoms with E-state index in [1.54, 1.807) is 19.2 Å². The Kier molecular flexibility index (Phi) is 3.66. The largest absolute Gasteiger partial charge is 0.493 e. The van der Waals surface area contributed by atoms with Gasteiger partial charge in [-0.1, -0.05) is 0 Å². The van der Waals surface area contributed by atoms with E-state index in [1.807, 2.05) is 6.07 Å². The van der Waals surface area contributed by atoms with Crippen LogP contribution >= 0.6 is 0 Å². The number of methoxy groups -OCH3 is 1. The average Bonchev–Trinajstić information content (AvgIpc) is 2.69. The third kappa shape index (κ3) is 2.40. The van der Waals surface area contributed by atoms with Crippen molar-refractivity contribution in [1.82, 2.24) is 4.90 Å². The lowest BCUT2D eigenvalue weighted by Gasteiger charge is -2.36. The van der Waals surface area contributed by atoms with Crippen molar-refractivity contribution in [2.75, 3.05) is 14.2 Å². The Hall–Kier alpha value is -1.55. The molecule has 4 heteroatoms. The highest BCUT2D eigenvalue weighted by Crippen LogP contribution is 2.37. The zero-order chi connectivity index (χ0) is 14.1. The van der Waals surface area contributed by atoms with Gasteiger partial charge in [0, 0.05) is 17.6 Å². The summed E-state index contributed by atoms with van der Waals surface area (Å²) in [6.07, 6.45) is 5.78. The summed E-state index contributed by atoms with van der Waals surface area (Å²) in [5.74, 6) is 1.38. The Morgan fingerprint density at radius 2 is 1.90 bits per heavy atom. The molecule has 0 aromatic heterocycles. The zero-order valence-corrected chi connectivity index (χ0v) is 12.0. The summed E-state index contributed by atoms with van der Waals surface area (Å²) in [5.41, 5.74) is 0.609. The van der Waals surface area contributed by atoms with Gasteiger partial charge in [0.15, 0.2) is 11.5 Å². The Bertz CT molecular complexity index is 488. The van der Waals surface area contributed by atoms with E-state index in [2.05, 4.69) is 11.9 Å².